The van der Waals surface area contributed by atoms with Crippen LogP contribution in [0, 0.1) is 17.3 Å². The lowest BCUT2D eigenvalue weighted by Crippen LogP contribution is -2.41. The van der Waals surface area contributed by atoms with E-state index in [1.165, 1.54) is 13.5 Å². The molecule has 0 aromatic carbocycles. The van der Waals surface area contributed by atoms with Gasteiger partial charge in [-0.3, -0.25) is 9.59 Å². The molecular formula is C24H40O5. The Kier molecular flexibility index (Phi) is 9.84. The van der Waals surface area contributed by atoms with Gasteiger partial charge in [-0.2, -0.15) is 0 Å². The summed E-state index contributed by atoms with van der Waals surface area (Å²) in [6.07, 6.45) is 14.4. The number of carbonyl (C=O) groups excluding carboxylic acids is 2. The van der Waals surface area contributed by atoms with Crippen molar-refractivity contribution < 1.29 is 24.5 Å². The number of esters is 1. The first kappa shape index (κ1) is 24.1. The Morgan fingerprint density at radius 1 is 1.28 bits per heavy atom. The Morgan fingerprint density at radius 3 is 2.62 bits per heavy atom. The fraction of sp³-hybridized carbons (Fsp3) is 0.833. The summed E-state index contributed by atoms with van der Waals surface area (Å²) in [6, 6.07) is 0. The lowest BCUT2D eigenvalue weighted by atomic mass is 9.62. The fourth-order valence-electron chi connectivity index (χ4n) is 5.17. The van der Waals surface area contributed by atoms with E-state index in [4.69, 9.17) is 0 Å². The van der Waals surface area contributed by atoms with Crippen molar-refractivity contribution >= 4 is 11.8 Å². The molecule has 0 bridgehead atoms. The molecule has 2 aliphatic rings. The molecule has 0 aromatic heterocycles. The summed E-state index contributed by atoms with van der Waals surface area (Å²) in [7, 11) is 1.40. The smallest absolute Gasteiger partial charge is 0.305 e. The average Bonchev–Trinajstić information content (AvgIpc) is 2.93. The summed E-state index contributed by atoms with van der Waals surface area (Å²) in [5, 5.41) is 21.0. The molecule has 2 N–H and O–H groups in total. The van der Waals surface area contributed by atoms with E-state index in [0.29, 0.717) is 12.8 Å². The van der Waals surface area contributed by atoms with Crippen LogP contribution in [0.4, 0.5) is 0 Å². The van der Waals surface area contributed by atoms with Crippen LogP contribution in [-0.4, -0.2) is 41.3 Å². The molecular weight excluding hydrogens is 368 g/mol. The second-order valence-corrected chi connectivity index (χ2v) is 9.10. The van der Waals surface area contributed by atoms with Crippen LogP contribution < -0.4 is 0 Å². The third-order valence-corrected chi connectivity index (χ3v) is 7.13. The van der Waals surface area contributed by atoms with Crippen LogP contribution in [0.3, 0.4) is 0 Å². The van der Waals surface area contributed by atoms with E-state index in [0.717, 1.165) is 57.8 Å². The zero-order valence-corrected chi connectivity index (χ0v) is 18.3. The van der Waals surface area contributed by atoms with Gasteiger partial charge in [0.15, 0.2) is 0 Å². The minimum absolute atomic E-state index is 0.0901. The number of methoxy groups -OCH3 is 1. The van der Waals surface area contributed by atoms with E-state index in [2.05, 4.69) is 11.7 Å². The van der Waals surface area contributed by atoms with Crippen molar-refractivity contribution in [3.63, 3.8) is 0 Å². The van der Waals surface area contributed by atoms with Crippen molar-refractivity contribution in [2.24, 2.45) is 17.3 Å². The third-order valence-electron chi connectivity index (χ3n) is 7.13. The molecule has 2 aliphatic carbocycles. The number of Topliss-reactive ketones (excluding diaryl/α,β-unsaturated/α-hetero) is 1. The number of ketones is 1. The number of hydrogen-bond donors (Lipinski definition) is 2. The molecule has 2 saturated carbocycles. The van der Waals surface area contributed by atoms with Crippen molar-refractivity contribution in [2.75, 3.05) is 7.11 Å². The predicted octanol–water partition coefficient (Wildman–Crippen LogP) is 4.34. The van der Waals surface area contributed by atoms with Crippen molar-refractivity contribution in [2.45, 2.75) is 103 Å². The maximum absolute atomic E-state index is 12.3. The van der Waals surface area contributed by atoms with Crippen molar-refractivity contribution in [1.29, 1.82) is 0 Å². The van der Waals surface area contributed by atoms with Gasteiger partial charge in [-0.25, -0.2) is 0 Å². The maximum Gasteiger partial charge on any atom is 0.305 e. The number of rotatable bonds is 13. The average molecular weight is 409 g/mol. The number of carbonyl (C=O) groups is 2. The number of ether oxygens (including phenoxy) is 1. The lowest BCUT2D eigenvalue weighted by molar-refractivity contribution is -0.140. The summed E-state index contributed by atoms with van der Waals surface area (Å²) in [5.41, 5.74) is 0.0901. The number of aliphatic hydroxyl groups excluding tert-OH is 2. The van der Waals surface area contributed by atoms with E-state index >= 15 is 0 Å². The fourth-order valence-corrected chi connectivity index (χ4v) is 5.17. The van der Waals surface area contributed by atoms with Crippen LogP contribution in [-0.2, 0) is 14.3 Å². The molecule has 0 amide bonds. The molecule has 166 valence electrons. The molecule has 0 aromatic rings. The third kappa shape index (κ3) is 6.65. The van der Waals surface area contributed by atoms with Crippen LogP contribution >= 0.6 is 0 Å². The Balaban J connectivity index is 1.77. The van der Waals surface area contributed by atoms with Crippen LogP contribution in [0.25, 0.3) is 0 Å². The van der Waals surface area contributed by atoms with Crippen molar-refractivity contribution in [3.8, 4) is 0 Å². The van der Waals surface area contributed by atoms with E-state index < -0.39 is 6.10 Å². The second-order valence-electron chi connectivity index (χ2n) is 9.10. The van der Waals surface area contributed by atoms with E-state index in [-0.39, 0.29) is 41.5 Å². The van der Waals surface area contributed by atoms with E-state index in [1.54, 1.807) is 0 Å². The molecule has 0 aliphatic heterocycles. The van der Waals surface area contributed by atoms with Crippen LogP contribution in [0.2, 0.25) is 0 Å². The maximum atomic E-state index is 12.3. The summed E-state index contributed by atoms with van der Waals surface area (Å²) in [4.78, 5) is 23.5. The minimum atomic E-state index is -0.603. The zero-order chi connectivity index (χ0) is 21.3. The van der Waals surface area contributed by atoms with Gasteiger partial charge in [0.05, 0.1) is 19.3 Å². The summed E-state index contributed by atoms with van der Waals surface area (Å²) < 4.78 is 4.64. The number of hydrogen-bond acceptors (Lipinski definition) is 5. The first-order chi connectivity index (χ1) is 13.9. The number of unbranched alkanes of at least 4 members (excludes halogenated alkanes) is 3. The molecule has 0 saturated heterocycles. The molecule has 0 radical (unpaired) electrons. The topological polar surface area (TPSA) is 83.8 Å². The molecule has 5 heteroatoms. The van der Waals surface area contributed by atoms with Gasteiger partial charge < -0.3 is 14.9 Å². The van der Waals surface area contributed by atoms with Gasteiger partial charge in [-0.1, -0.05) is 51.2 Å². The van der Waals surface area contributed by atoms with Gasteiger partial charge in [0, 0.05) is 24.7 Å². The van der Waals surface area contributed by atoms with Gasteiger partial charge in [0.2, 0.25) is 0 Å². The Morgan fingerprint density at radius 2 is 2.00 bits per heavy atom. The highest BCUT2D eigenvalue weighted by molar-refractivity contribution is 5.84. The van der Waals surface area contributed by atoms with Gasteiger partial charge in [-0.05, 0) is 43.9 Å². The van der Waals surface area contributed by atoms with Crippen LogP contribution in [0.15, 0.2) is 12.2 Å². The van der Waals surface area contributed by atoms with Crippen LogP contribution in [0.5, 0.6) is 0 Å². The van der Waals surface area contributed by atoms with E-state index in [9.17, 15) is 19.8 Å². The molecule has 2 fully saturated rings. The Labute approximate surface area is 175 Å². The van der Waals surface area contributed by atoms with Crippen molar-refractivity contribution in [1.82, 2.24) is 0 Å². The lowest BCUT2D eigenvalue weighted by Gasteiger charge is -2.45. The highest BCUT2D eigenvalue weighted by Gasteiger charge is 2.42. The van der Waals surface area contributed by atoms with Crippen LogP contribution in [0.1, 0.15) is 90.4 Å². The van der Waals surface area contributed by atoms with Gasteiger partial charge in [0.1, 0.15) is 5.78 Å². The van der Waals surface area contributed by atoms with Gasteiger partial charge >= 0.3 is 5.97 Å². The predicted molar refractivity (Wildman–Crippen MR) is 113 cm³/mol. The van der Waals surface area contributed by atoms with E-state index in [1.807, 2.05) is 12.2 Å². The zero-order valence-electron chi connectivity index (χ0n) is 18.3. The molecule has 0 spiro atoms. The monoisotopic (exact) mass is 408 g/mol. The van der Waals surface area contributed by atoms with Crippen molar-refractivity contribution in [3.05, 3.63) is 12.2 Å². The minimum Gasteiger partial charge on any atom is -0.469 e. The normalized spacial score (nSPS) is 27.2. The summed E-state index contributed by atoms with van der Waals surface area (Å²) >= 11 is 0. The van der Waals surface area contributed by atoms with Gasteiger partial charge in [0.25, 0.3) is 0 Å². The number of aliphatic hydroxyl groups is 2. The summed E-state index contributed by atoms with van der Waals surface area (Å²) in [6.45, 7) is 2.17. The molecule has 4 atom stereocenters. The highest BCUT2D eigenvalue weighted by atomic mass is 16.5. The first-order valence-corrected chi connectivity index (χ1v) is 11.6. The Bertz CT molecular complexity index is 551. The first-order valence-electron chi connectivity index (χ1n) is 11.6. The highest BCUT2D eigenvalue weighted by Crippen LogP contribution is 2.48. The SMILES string of the molecule is CCCC1([C@H](O)C/C=C\[C@H]2[C@H](O)CC(=O)[C@@H]2CCCCCCC(=O)OC)CCC1. The largest absolute Gasteiger partial charge is 0.469 e. The Hall–Kier alpha value is -1.20. The second kappa shape index (κ2) is 11.8. The molecule has 0 heterocycles. The molecule has 2 rings (SSSR count). The summed E-state index contributed by atoms with van der Waals surface area (Å²) in [5.74, 6) is -0.265. The molecule has 0 unspecified atom stereocenters. The quantitative estimate of drug-likeness (QED) is 0.269. The van der Waals surface area contributed by atoms with Gasteiger partial charge in [-0.15, -0.1) is 0 Å². The standard InChI is InChI=1S/C24H40O5/c1-3-14-24(15-9-16-24)22(27)12-8-11-19-18(20(25)17-21(19)26)10-6-4-5-7-13-23(28)29-2/h8,11,18-19,21-22,26-27H,3-7,9-10,12-17H2,1-2H3/b11-8-/t18-,19-,21-,22-/m1/s1. The molecule has 29 heavy (non-hydrogen) atoms. The molecule has 5 nitrogen and oxygen atoms in total.